The number of thiophene rings is 1. The average molecular weight is 249 g/mol. The predicted molar refractivity (Wildman–Crippen MR) is 69.3 cm³/mol. The maximum atomic E-state index is 9.95. The van der Waals surface area contributed by atoms with Gasteiger partial charge in [-0.1, -0.05) is 12.8 Å². The quantitative estimate of drug-likeness (QED) is 0.858. The summed E-state index contributed by atoms with van der Waals surface area (Å²) in [4.78, 5) is 8.50. The molecule has 1 aliphatic rings. The number of aliphatic hydroxyl groups is 1. The zero-order valence-corrected chi connectivity index (χ0v) is 10.3. The Balaban J connectivity index is 1.86. The third-order valence-electron chi connectivity index (χ3n) is 3.29. The molecule has 0 bridgehead atoms. The molecule has 0 unspecified atom stereocenters. The van der Waals surface area contributed by atoms with Crippen LogP contribution >= 0.6 is 11.3 Å². The lowest BCUT2D eigenvalue weighted by molar-refractivity contribution is 0.116. The molecule has 3 rings (SSSR count). The Morgan fingerprint density at radius 2 is 2.18 bits per heavy atom. The minimum Gasteiger partial charge on any atom is -0.391 e. The smallest absolute Gasteiger partial charge is 0.147 e. The van der Waals surface area contributed by atoms with Crippen molar-refractivity contribution in [3.63, 3.8) is 0 Å². The van der Waals surface area contributed by atoms with E-state index < -0.39 is 0 Å². The number of nitrogens with zero attached hydrogens (tertiary/aromatic N) is 2. The van der Waals surface area contributed by atoms with Crippen molar-refractivity contribution in [1.82, 2.24) is 9.97 Å². The van der Waals surface area contributed by atoms with E-state index in [2.05, 4.69) is 15.3 Å². The van der Waals surface area contributed by atoms with Crippen LogP contribution in [0.4, 0.5) is 5.82 Å². The molecule has 2 N–H and O–H groups in total. The van der Waals surface area contributed by atoms with Crippen molar-refractivity contribution in [3.8, 4) is 0 Å². The van der Waals surface area contributed by atoms with Crippen LogP contribution < -0.4 is 5.32 Å². The normalized spacial score (nSPS) is 25.0. The fourth-order valence-electron chi connectivity index (χ4n) is 2.35. The van der Waals surface area contributed by atoms with Gasteiger partial charge in [0.05, 0.1) is 22.4 Å². The predicted octanol–water partition coefficient (Wildman–Crippen LogP) is 2.41. The Labute approximate surface area is 104 Å². The van der Waals surface area contributed by atoms with Gasteiger partial charge in [0.15, 0.2) is 0 Å². The van der Waals surface area contributed by atoms with Gasteiger partial charge >= 0.3 is 0 Å². The van der Waals surface area contributed by atoms with Gasteiger partial charge in [0.25, 0.3) is 0 Å². The number of aliphatic hydroxyl groups excluding tert-OH is 1. The van der Waals surface area contributed by atoms with Gasteiger partial charge in [0.1, 0.15) is 12.1 Å². The Kier molecular flexibility index (Phi) is 2.94. The summed E-state index contributed by atoms with van der Waals surface area (Å²) >= 11 is 1.63. The molecular formula is C12H15N3OS. The van der Waals surface area contributed by atoms with Crippen molar-refractivity contribution >= 4 is 27.4 Å². The van der Waals surface area contributed by atoms with Crippen LogP contribution in [0.25, 0.3) is 10.2 Å². The maximum absolute atomic E-state index is 9.95. The van der Waals surface area contributed by atoms with Gasteiger partial charge < -0.3 is 10.4 Å². The van der Waals surface area contributed by atoms with Crippen molar-refractivity contribution in [3.05, 3.63) is 17.8 Å². The molecule has 2 heterocycles. The molecule has 0 aromatic carbocycles. The number of hydrogen-bond donors (Lipinski definition) is 2. The molecule has 17 heavy (non-hydrogen) atoms. The lowest BCUT2D eigenvalue weighted by Gasteiger charge is -2.28. The minimum atomic E-state index is -0.256. The molecule has 0 radical (unpaired) electrons. The molecule has 2 aromatic heterocycles. The first-order chi connectivity index (χ1) is 8.34. The van der Waals surface area contributed by atoms with Crippen molar-refractivity contribution in [2.45, 2.75) is 37.8 Å². The SMILES string of the molecule is O[C@@H]1CCCC[C@@H]1Nc1ncnc2ccsc12. The Bertz CT molecular complexity index is 513. The highest BCUT2D eigenvalue weighted by atomic mass is 32.1. The van der Waals surface area contributed by atoms with Crippen LogP contribution in [-0.2, 0) is 0 Å². The van der Waals surface area contributed by atoms with Crippen LogP contribution in [0.1, 0.15) is 25.7 Å². The number of aromatic nitrogens is 2. The molecule has 4 nitrogen and oxygen atoms in total. The van der Waals surface area contributed by atoms with Crippen LogP contribution in [0.15, 0.2) is 17.8 Å². The summed E-state index contributed by atoms with van der Waals surface area (Å²) in [5.74, 6) is 0.857. The van der Waals surface area contributed by atoms with Crippen LogP contribution in [-0.4, -0.2) is 27.2 Å². The monoisotopic (exact) mass is 249 g/mol. The van der Waals surface area contributed by atoms with E-state index >= 15 is 0 Å². The van der Waals surface area contributed by atoms with E-state index in [0.717, 1.165) is 35.3 Å². The topological polar surface area (TPSA) is 58.0 Å². The van der Waals surface area contributed by atoms with E-state index in [1.165, 1.54) is 6.42 Å². The van der Waals surface area contributed by atoms with Crippen LogP contribution in [0, 0.1) is 0 Å². The first-order valence-corrected chi connectivity index (χ1v) is 6.85. The first-order valence-electron chi connectivity index (χ1n) is 5.97. The molecule has 0 spiro atoms. The van der Waals surface area contributed by atoms with E-state index in [1.807, 2.05) is 11.4 Å². The molecule has 1 aliphatic carbocycles. The van der Waals surface area contributed by atoms with Gasteiger partial charge in [-0.3, -0.25) is 0 Å². The zero-order chi connectivity index (χ0) is 11.7. The summed E-state index contributed by atoms with van der Waals surface area (Å²) in [6.07, 6.45) is 5.51. The van der Waals surface area contributed by atoms with Gasteiger partial charge in [-0.2, -0.15) is 0 Å². The number of rotatable bonds is 2. The minimum absolute atomic E-state index is 0.129. The van der Waals surface area contributed by atoms with Crippen molar-refractivity contribution in [1.29, 1.82) is 0 Å². The molecule has 5 heteroatoms. The molecule has 2 aromatic rings. The van der Waals surface area contributed by atoms with Crippen molar-refractivity contribution in [2.75, 3.05) is 5.32 Å². The van der Waals surface area contributed by atoms with Gasteiger partial charge in [-0.15, -0.1) is 11.3 Å². The Hall–Kier alpha value is -1.20. The largest absolute Gasteiger partial charge is 0.391 e. The van der Waals surface area contributed by atoms with Crippen LogP contribution in [0.2, 0.25) is 0 Å². The number of hydrogen-bond acceptors (Lipinski definition) is 5. The standard InChI is InChI=1S/C12H15N3OS/c16-10-4-2-1-3-8(10)15-12-11-9(5-6-17-11)13-7-14-12/h5-8,10,16H,1-4H2,(H,13,14,15)/t8-,10+/m0/s1. The lowest BCUT2D eigenvalue weighted by atomic mass is 9.92. The van der Waals surface area contributed by atoms with E-state index in [4.69, 9.17) is 0 Å². The molecule has 0 amide bonds. The van der Waals surface area contributed by atoms with Crippen LogP contribution in [0.5, 0.6) is 0 Å². The molecule has 1 saturated carbocycles. The fraction of sp³-hybridized carbons (Fsp3) is 0.500. The second-order valence-electron chi connectivity index (χ2n) is 4.46. The molecule has 90 valence electrons. The molecule has 1 fully saturated rings. The second-order valence-corrected chi connectivity index (χ2v) is 5.38. The summed E-state index contributed by atoms with van der Waals surface area (Å²) in [5.41, 5.74) is 0.970. The number of nitrogens with one attached hydrogen (secondary N) is 1. The van der Waals surface area contributed by atoms with Crippen molar-refractivity contribution in [2.24, 2.45) is 0 Å². The Morgan fingerprint density at radius 3 is 3.06 bits per heavy atom. The summed E-state index contributed by atoms with van der Waals surface area (Å²) in [6, 6.07) is 2.12. The van der Waals surface area contributed by atoms with E-state index in [1.54, 1.807) is 17.7 Å². The van der Waals surface area contributed by atoms with Crippen LogP contribution in [0.3, 0.4) is 0 Å². The van der Waals surface area contributed by atoms with Gasteiger partial charge in [-0.25, -0.2) is 9.97 Å². The molecular weight excluding hydrogens is 234 g/mol. The summed E-state index contributed by atoms with van der Waals surface area (Å²) in [6.45, 7) is 0. The number of anilines is 1. The highest BCUT2D eigenvalue weighted by molar-refractivity contribution is 7.17. The van der Waals surface area contributed by atoms with Gasteiger partial charge in [-0.05, 0) is 24.3 Å². The second kappa shape index (κ2) is 4.58. The van der Waals surface area contributed by atoms with Gasteiger partial charge in [0.2, 0.25) is 0 Å². The van der Waals surface area contributed by atoms with E-state index in [9.17, 15) is 5.11 Å². The summed E-state index contributed by atoms with van der Waals surface area (Å²) in [5, 5.41) is 15.3. The third kappa shape index (κ3) is 2.12. The average Bonchev–Trinajstić information content (AvgIpc) is 2.81. The highest BCUT2D eigenvalue weighted by Gasteiger charge is 2.23. The van der Waals surface area contributed by atoms with E-state index in [-0.39, 0.29) is 12.1 Å². The lowest BCUT2D eigenvalue weighted by Crippen LogP contribution is -2.36. The summed E-state index contributed by atoms with van der Waals surface area (Å²) < 4.78 is 1.07. The molecule has 0 aliphatic heterocycles. The maximum Gasteiger partial charge on any atom is 0.147 e. The summed E-state index contributed by atoms with van der Waals surface area (Å²) in [7, 11) is 0. The first kappa shape index (κ1) is 10.9. The molecule has 0 saturated heterocycles. The number of fused-ring (bicyclic) bond motifs is 1. The Morgan fingerprint density at radius 1 is 1.29 bits per heavy atom. The zero-order valence-electron chi connectivity index (χ0n) is 9.47. The highest BCUT2D eigenvalue weighted by Crippen LogP contribution is 2.28. The van der Waals surface area contributed by atoms with Gasteiger partial charge in [0, 0.05) is 0 Å². The molecule has 2 atom stereocenters. The van der Waals surface area contributed by atoms with E-state index in [0.29, 0.717) is 0 Å². The fourth-order valence-corrected chi connectivity index (χ4v) is 3.14. The third-order valence-corrected chi connectivity index (χ3v) is 4.21. The van der Waals surface area contributed by atoms with Crippen molar-refractivity contribution < 1.29 is 5.11 Å².